The first-order chi connectivity index (χ1) is 17.1. The zero-order valence-corrected chi connectivity index (χ0v) is 23.3. The maximum Gasteiger partial charge on any atom is 0.320 e. The van der Waals surface area contributed by atoms with Crippen LogP contribution in [0.25, 0.3) is 0 Å². The van der Waals surface area contributed by atoms with Crippen molar-refractivity contribution in [2.24, 2.45) is 0 Å². The smallest absolute Gasteiger partial charge is 0.320 e. The monoisotopic (exact) mass is 505 g/mol. The molecular formula is C28H39N5O2Si. The molecule has 1 aromatic carbocycles. The topological polar surface area (TPSA) is 72.7 Å². The summed E-state index contributed by atoms with van der Waals surface area (Å²) in [6.07, 6.45) is 2.58. The summed E-state index contributed by atoms with van der Waals surface area (Å²) < 4.78 is 6.92. The van der Waals surface area contributed by atoms with Gasteiger partial charge in [0.05, 0.1) is 23.9 Å². The maximum absolute atomic E-state index is 13.3. The second kappa shape index (κ2) is 10.7. The number of carbonyl (C=O) groups is 1. The molecule has 2 amide bonds. The van der Waals surface area contributed by atoms with Gasteiger partial charge in [-0.25, -0.2) is 4.79 Å². The van der Waals surface area contributed by atoms with E-state index in [9.17, 15) is 4.79 Å². The van der Waals surface area contributed by atoms with Gasteiger partial charge in [-0.05, 0) is 47.8 Å². The minimum absolute atomic E-state index is 0.0342. The van der Waals surface area contributed by atoms with Gasteiger partial charge < -0.3 is 14.2 Å². The highest BCUT2D eigenvalue weighted by Gasteiger charge is 2.41. The van der Waals surface area contributed by atoms with Crippen LogP contribution in [0.15, 0.2) is 42.6 Å². The number of rotatable bonds is 8. The molecule has 8 heteroatoms. The average Bonchev–Trinajstić information content (AvgIpc) is 3.17. The van der Waals surface area contributed by atoms with E-state index in [-0.39, 0.29) is 17.2 Å². The lowest BCUT2D eigenvalue weighted by Crippen LogP contribution is -2.51. The fourth-order valence-electron chi connectivity index (χ4n) is 4.70. The average molecular weight is 506 g/mol. The second-order valence-electron chi connectivity index (χ2n) is 11.6. The SMILES string of the molecule is CC(C)(C)[Si](C)(C)OC(CN1CCc2ccccc2C1)CN1CCN(Cc2ccc(C#N)cn2)C1=O. The van der Waals surface area contributed by atoms with Crippen molar-refractivity contribution in [2.45, 2.75) is 64.5 Å². The molecular weight excluding hydrogens is 466 g/mol. The lowest BCUT2D eigenvalue weighted by atomic mass is 10.00. The van der Waals surface area contributed by atoms with Crippen LogP contribution in [0.1, 0.15) is 43.2 Å². The lowest BCUT2D eigenvalue weighted by molar-refractivity contribution is 0.0878. The molecule has 1 saturated heterocycles. The van der Waals surface area contributed by atoms with Gasteiger partial charge in [0.1, 0.15) is 6.07 Å². The van der Waals surface area contributed by atoms with Crippen molar-refractivity contribution < 1.29 is 9.22 Å². The molecule has 2 aromatic rings. The highest BCUT2D eigenvalue weighted by Crippen LogP contribution is 2.37. The number of amides is 2. The summed E-state index contributed by atoms with van der Waals surface area (Å²) in [4.78, 5) is 23.9. The standard InChI is InChI=1S/C28H39N5O2Si/c1-28(2,3)36(4,5)35-26(20-31-13-12-23-8-6-7-9-24(23)18-31)21-33-15-14-32(27(33)34)19-25-11-10-22(16-29)17-30-25/h6-11,17,26H,12-15,18-21H2,1-5H3. The quantitative estimate of drug-likeness (QED) is 0.489. The molecule has 0 saturated carbocycles. The summed E-state index contributed by atoms with van der Waals surface area (Å²) in [5.74, 6) is 0. The van der Waals surface area contributed by atoms with E-state index in [0.29, 0.717) is 31.7 Å². The molecule has 4 rings (SSSR count). The molecule has 2 aliphatic rings. The van der Waals surface area contributed by atoms with Gasteiger partial charge in [-0.3, -0.25) is 9.88 Å². The van der Waals surface area contributed by atoms with E-state index in [4.69, 9.17) is 9.69 Å². The van der Waals surface area contributed by atoms with Gasteiger partial charge >= 0.3 is 6.03 Å². The molecule has 36 heavy (non-hydrogen) atoms. The molecule has 1 atom stereocenters. The summed E-state index contributed by atoms with van der Waals surface area (Å²) >= 11 is 0. The number of urea groups is 1. The normalized spacial score (nSPS) is 17.7. The summed E-state index contributed by atoms with van der Waals surface area (Å²) in [5, 5.41) is 9.10. The predicted molar refractivity (Wildman–Crippen MR) is 144 cm³/mol. The van der Waals surface area contributed by atoms with Crippen LogP contribution in [0.5, 0.6) is 0 Å². The fourth-order valence-corrected chi connectivity index (χ4v) is 6.03. The molecule has 0 bridgehead atoms. The number of hydrogen-bond donors (Lipinski definition) is 0. The first-order valence-electron chi connectivity index (χ1n) is 12.9. The molecule has 0 aliphatic carbocycles. The van der Waals surface area contributed by atoms with Gasteiger partial charge in [0.2, 0.25) is 0 Å². The zero-order chi connectivity index (χ0) is 25.9. The van der Waals surface area contributed by atoms with E-state index in [0.717, 1.165) is 31.7 Å². The number of nitrogens with zero attached hydrogens (tertiary/aromatic N) is 5. The van der Waals surface area contributed by atoms with Crippen LogP contribution in [0.4, 0.5) is 4.79 Å². The highest BCUT2D eigenvalue weighted by molar-refractivity contribution is 6.74. The second-order valence-corrected chi connectivity index (χ2v) is 16.3. The van der Waals surface area contributed by atoms with E-state index in [1.807, 2.05) is 15.9 Å². The number of benzene rings is 1. The highest BCUT2D eigenvalue weighted by atomic mass is 28.4. The van der Waals surface area contributed by atoms with Gasteiger partial charge in [0.25, 0.3) is 0 Å². The third kappa shape index (κ3) is 6.15. The number of aromatic nitrogens is 1. The van der Waals surface area contributed by atoms with Crippen molar-refractivity contribution in [3.8, 4) is 6.07 Å². The van der Waals surface area contributed by atoms with E-state index < -0.39 is 8.32 Å². The molecule has 0 N–H and O–H groups in total. The van der Waals surface area contributed by atoms with Gasteiger partial charge in [-0.1, -0.05) is 45.0 Å². The fraction of sp³-hybridized carbons (Fsp3) is 0.536. The van der Waals surface area contributed by atoms with E-state index in [1.165, 1.54) is 11.1 Å². The molecule has 2 aliphatic heterocycles. The Balaban J connectivity index is 1.44. The van der Waals surface area contributed by atoms with E-state index in [2.05, 4.69) is 74.1 Å². The summed E-state index contributed by atoms with van der Waals surface area (Å²) in [7, 11) is -2.02. The Morgan fingerprint density at radius 3 is 2.44 bits per heavy atom. The molecule has 7 nitrogen and oxygen atoms in total. The Morgan fingerprint density at radius 1 is 1.06 bits per heavy atom. The third-order valence-electron chi connectivity index (χ3n) is 7.85. The van der Waals surface area contributed by atoms with E-state index >= 15 is 0 Å². The van der Waals surface area contributed by atoms with Crippen molar-refractivity contribution >= 4 is 14.3 Å². The minimum atomic E-state index is -2.02. The number of hydrogen-bond acceptors (Lipinski definition) is 5. The largest absolute Gasteiger partial charge is 0.411 e. The van der Waals surface area contributed by atoms with Crippen LogP contribution in [-0.4, -0.2) is 72.9 Å². The first kappa shape index (κ1) is 26.3. The Hall–Kier alpha value is -2.73. The molecule has 0 spiro atoms. The summed E-state index contributed by atoms with van der Waals surface area (Å²) in [5.41, 5.74) is 4.16. The van der Waals surface area contributed by atoms with Crippen molar-refractivity contribution in [3.05, 3.63) is 65.0 Å². The Bertz CT molecular complexity index is 1110. The van der Waals surface area contributed by atoms with Crippen molar-refractivity contribution in [1.29, 1.82) is 5.26 Å². The van der Waals surface area contributed by atoms with Crippen LogP contribution in [0.3, 0.4) is 0 Å². The summed E-state index contributed by atoms with van der Waals surface area (Å²) in [6.45, 7) is 16.6. The number of fused-ring (bicyclic) bond motifs is 1. The Morgan fingerprint density at radius 2 is 1.78 bits per heavy atom. The van der Waals surface area contributed by atoms with Crippen LogP contribution in [0.2, 0.25) is 18.1 Å². The summed E-state index contributed by atoms with van der Waals surface area (Å²) in [6, 6.07) is 14.4. The molecule has 1 unspecified atom stereocenters. The zero-order valence-electron chi connectivity index (χ0n) is 22.3. The van der Waals surface area contributed by atoms with Gasteiger partial charge in [-0.2, -0.15) is 5.26 Å². The molecule has 192 valence electrons. The minimum Gasteiger partial charge on any atom is -0.411 e. The van der Waals surface area contributed by atoms with Crippen LogP contribution < -0.4 is 0 Å². The van der Waals surface area contributed by atoms with Crippen LogP contribution in [-0.2, 0) is 23.9 Å². The molecule has 0 radical (unpaired) electrons. The van der Waals surface area contributed by atoms with Gasteiger partial charge in [-0.15, -0.1) is 0 Å². The van der Waals surface area contributed by atoms with Crippen molar-refractivity contribution in [3.63, 3.8) is 0 Å². The third-order valence-corrected chi connectivity index (χ3v) is 12.4. The predicted octanol–water partition coefficient (Wildman–Crippen LogP) is 4.64. The van der Waals surface area contributed by atoms with Crippen molar-refractivity contribution in [2.75, 3.05) is 32.7 Å². The Kier molecular flexibility index (Phi) is 7.84. The number of pyridine rings is 1. The van der Waals surface area contributed by atoms with E-state index in [1.54, 1.807) is 12.3 Å². The van der Waals surface area contributed by atoms with Crippen LogP contribution in [0, 0.1) is 11.3 Å². The molecule has 3 heterocycles. The molecule has 1 fully saturated rings. The van der Waals surface area contributed by atoms with Gasteiger partial charge in [0.15, 0.2) is 8.32 Å². The van der Waals surface area contributed by atoms with Crippen molar-refractivity contribution in [1.82, 2.24) is 19.7 Å². The number of carbonyl (C=O) groups excluding carboxylic acids is 1. The molecule has 1 aromatic heterocycles. The Labute approximate surface area is 216 Å². The maximum atomic E-state index is 13.3. The lowest BCUT2D eigenvalue weighted by Gasteiger charge is -2.42. The number of nitriles is 1. The first-order valence-corrected chi connectivity index (χ1v) is 15.8. The van der Waals surface area contributed by atoms with Crippen LogP contribution >= 0.6 is 0 Å². The van der Waals surface area contributed by atoms with Gasteiger partial charge in [0, 0.05) is 45.5 Å².